The van der Waals surface area contributed by atoms with Crippen molar-refractivity contribution in [3.63, 3.8) is 0 Å². The molecule has 35 heavy (non-hydrogen) atoms. The Morgan fingerprint density at radius 1 is 1.03 bits per heavy atom. The van der Waals surface area contributed by atoms with Crippen molar-refractivity contribution < 1.29 is 33.3 Å². The van der Waals surface area contributed by atoms with E-state index >= 15 is 0 Å². The number of hydrogen-bond acceptors (Lipinski definition) is 9. The van der Waals surface area contributed by atoms with Crippen LogP contribution >= 0.6 is 11.6 Å². The summed E-state index contributed by atoms with van der Waals surface area (Å²) in [6.45, 7) is 7.96. The Balaban J connectivity index is 2.06. The second kappa shape index (κ2) is 12.9. The van der Waals surface area contributed by atoms with E-state index in [0.29, 0.717) is 10.7 Å². The maximum absolute atomic E-state index is 12.9. The molecule has 0 spiro atoms. The molecule has 0 aliphatic carbocycles. The second-order valence-corrected chi connectivity index (χ2v) is 8.47. The predicted octanol–water partition coefficient (Wildman–Crippen LogP) is 3.53. The van der Waals surface area contributed by atoms with Crippen LogP contribution in [0.15, 0.2) is 30.6 Å². The first-order chi connectivity index (χ1) is 16.6. The Morgan fingerprint density at radius 2 is 1.74 bits per heavy atom. The lowest BCUT2D eigenvalue weighted by Gasteiger charge is -2.23. The minimum Gasteiger partial charge on any atom is -0.493 e. The van der Waals surface area contributed by atoms with E-state index in [9.17, 15) is 14.4 Å². The van der Waals surface area contributed by atoms with Gasteiger partial charge in [-0.05, 0) is 26.0 Å². The number of nitrogens with one attached hydrogen (secondary N) is 1. The quantitative estimate of drug-likeness (QED) is 0.359. The van der Waals surface area contributed by atoms with Crippen LogP contribution in [0.25, 0.3) is 0 Å². The monoisotopic (exact) mass is 507 g/mol. The number of nitrogens with zero attached hydrogens (tertiary/aromatic N) is 2. The number of pyridine rings is 2. The molecule has 10 nitrogen and oxygen atoms in total. The van der Waals surface area contributed by atoms with Crippen LogP contribution in [-0.2, 0) is 19.1 Å². The molecule has 0 aromatic carbocycles. The SMILES string of the molecule is COc1ccnc(C(=O)N[C@@H](C)C(=O)O[C@@H](C)[C@@H](C)c2ncccc2Cl)c1OCOC(=O)C(C)C. The van der Waals surface area contributed by atoms with Crippen LogP contribution in [0, 0.1) is 5.92 Å². The molecule has 0 unspecified atom stereocenters. The number of hydrogen-bond donors (Lipinski definition) is 1. The van der Waals surface area contributed by atoms with Gasteiger partial charge in [-0.15, -0.1) is 0 Å². The third-order valence-corrected chi connectivity index (χ3v) is 5.42. The number of esters is 2. The van der Waals surface area contributed by atoms with Crippen LogP contribution in [0.3, 0.4) is 0 Å². The van der Waals surface area contributed by atoms with Crippen molar-refractivity contribution in [1.29, 1.82) is 0 Å². The lowest BCUT2D eigenvalue weighted by Crippen LogP contribution is -2.41. The fourth-order valence-corrected chi connectivity index (χ4v) is 3.17. The lowest BCUT2D eigenvalue weighted by molar-refractivity contribution is -0.154. The molecule has 0 saturated heterocycles. The fraction of sp³-hybridized carbons (Fsp3) is 0.458. The largest absolute Gasteiger partial charge is 0.493 e. The van der Waals surface area contributed by atoms with Gasteiger partial charge in [0.2, 0.25) is 6.79 Å². The first-order valence-corrected chi connectivity index (χ1v) is 11.4. The van der Waals surface area contributed by atoms with Crippen molar-refractivity contribution in [3.8, 4) is 11.5 Å². The summed E-state index contributed by atoms with van der Waals surface area (Å²) in [5, 5.41) is 3.01. The van der Waals surface area contributed by atoms with Gasteiger partial charge in [-0.2, -0.15) is 0 Å². The maximum atomic E-state index is 12.9. The average Bonchev–Trinajstić information content (AvgIpc) is 2.83. The van der Waals surface area contributed by atoms with Crippen molar-refractivity contribution in [2.45, 2.75) is 52.7 Å². The predicted molar refractivity (Wildman–Crippen MR) is 127 cm³/mol. The molecule has 3 atom stereocenters. The summed E-state index contributed by atoms with van der Waals surface area (Å²) in [6.07, 6.45) is 2.41. The minimum absolute atomic E-state index is 0.0311. The highest BCUT2D eigenvalue weighted by molar-refractivity contribution is 6.31. The molecule has 11 heteroatoms. The van der Waals surface area contributed by atoms with Crippen molar-refractivity contribution in [3.05, 3.63) is 47.0 Å². The number of rotatable bonds is 11. The Labute approximate surface area is 209 Å². The van der Waals surface area contributed by atoms with Gasteiger partial charge in [0.05, 0.1) is 23.7 Å². The number of methoxy groups -OCH3 is 1. The van der Waals surface area contributed by atoms with Crippen molar-refractivity contribution >= 4 is 29.4 Å². The summed E-state index contributed by atoms with van der Waals surface area (Å²) >= 11 is 6.19. The van der Waals surface area contributed by atoms with E-state index in [-0.39, 0.29) is 29.0 Å². The summed E-state index contributed by atoms with van der Waals surface area (Å²) < 4.78 is 21.2. The van der Waals surface area contributed by atoms with Gasteiger partial charge in [0.1, 0.15) is 12.1 Å². The molecule has 0 aliphatic heterocycles. The second-order valence-electron chi connectivity index (χ2n) is 8.07. The summed E-state index contributed by atoms with van der Waals surface area (Å²) in [5.41, 5.74) is 0.456. The minimum atomic E-state index is -1.00. The topological polar surface area (TPSA) is 126 Å². The number of carbonyl (C=O) groups excluding carboxylic acids is 3. The van der Waals surface area contributed by atoms with Gasteiger partial charge in [0.25, 0.3) is 5.91 Å². The van der Waals surface area contributed by atoms with E-state index in [1.165, 1.54) is 26.3 Å². The third-order valence-electron chi connectivity index (χ3n) is 5.10. The maximum Gasteiger partial charge on any atom is 0.328 e. The molecule has 0 radical (unpaired) electrons. The number of aromatic nitrogens is 2. The van der Waals surface area contributed by atoms with Gasteiger partial charge < -0.3 is 24.3 Å². The van der Waals surface area contributed by atoms with Crippen molar-refractivity contribution in [2.24, 2.45) is 5.92 Å². The van der Waals surface area contributed by atoms with Gasteiger partial charge in [-0.3, -0.25) is 14.6 Å². The summed E-state index contributed by atoms with van der Waals surface area (Å²) in [7, 11) is 1.39. The number of ether oxygens (including phenoxy) is 4. The Bertz CT molecular complexity index is 1050. The third kappa shape index (κ3) is 7.54. The van der Waals surface area contributed by atoms with E-state index in [1.807, 2.05) is 6.92 Å². The molecule has 0 fully saturated rings. The Kier molecular flexibility index (Phi) is 10.3. The zero-order valence-corrected chi connectivity index (χ0v) is 21.3. The highest BCUT2D eigenvalue weighted by Crippen LogP contribution is 2.30. The van der Waals surface area contributed by atoms with Crippen LogP contribution in [0.5, 0.6) is 11.5 Å². The molecular formula is C24H30ClN3O7. The van der Waals surface area contributed by atoms with Gasteiger partial charge in [-0.1, -0.05) is 32.4 Å². The average molecular weight is 508 g/mol. The van der Waals surface area contributed by atoms with Gasteiger partial charge in [0.15, 0.2) is 17.2 Å². The summed E-state index contributed by atoms with van der Waals surface area (Å²) in [5.74, 6) is -2.27. The number of amides is 1. The summed E-state index contributed by atoms with van der Waals surface area (Å²) in [4.78, 5) is 45.5. The first-order valence-electron chi connectivity index (χ1n) is 11.0. The molecule has 2 aromatic rings. The van der Waals surface area contributed by atoms with Crippen LogP contribution in [0.1, 0.15) is 56.7 Å². The first kappa shape index (κ1) is 27.8. The molecule has 1 amide bonds. The fourth-order valence-electron chi connectivity index (χ4n) is 2.87. The van der Waals surface area contributed by atoms with Gasteiger partial charge in [-0.25, -0.2) is 9.78 Å². The molecule has 0 aliphatic rings. The Morgan fingerprint density at radius 3 is 2.37 bits per heavy atom. The molecule has 0 saturated carbocycles. The molecule has 190 valence electrons. The highest BCUT2D eigenvalue weighted by atomic mass is 35.5. The molecule has 2 rings (SSSR count). The summed E-state index contributed by atoms with van der Waals surface area (Å²) in [6, 6.07) is 3.91. The van der Waals surface area contributed by atoms with Crippen LogP contribution < -0.4 is 14.8 Å². The zero-order chi connectivity index (χ0) is 26.1. The van der Waals surface area contributed by atoms with Crippen LogP contribution in [0.2, 0.25) is 5.02 Å². The van der Waals surface area contributed by atoms with E-state index in [0.717, 1.165) is 0 Å². The van der Waals surface area contributed by atoms with Crippen LogP contribution in [-0.4, -0.2) is 53.9 Å². The highest BCUT2D eigenvalue weighted by Gasteiger charge is 2.27. The normalized spacial score (nSPS) is 13.4. The van der Waals surface area contributed by atoms with Crippen molar-refractivity contribution in [1.82, 2.24) is 15.3 Å². The van der Waals surface area contributed by atoms with Crippen molar-refractivity contribution in [2.75, 3.05) is 13.9 Å². The Hall–Kier alpha value is -3.40. The van der Waals surface area contributed by atoms with E-state index in [2.05, 4.69) is 15.3 Å². The van der Waals surface area contributed by atoms with E-state index in [1.54, 1.807) is 39.1 Å². The van der Waals surface area contributed by atoms with Gasteiger partial charge >= 0.3 is 11.9 Å². The molecule has 2 aromatic heterocycles. The van der Waals surface area contributed by atoms with E-state index < -0.39 is 36.8 Å². The molecule has 1 N–H and O–H groups in total. The van der Waals surface area contributed by atoms with Gasteiger partial charge in [0, 0.05) is 24.4 Å². The van der Waals surface area contributed by atoms with E-state index in [4.69, 9.17) is 30.5 Å². The van der Waals surface area contributed by atoms with Crippen LogP contribution in [0.4, 0.5) is 0 Å². The standard InChI is InChI=1S/C24H30ClN3O7/c1-13(2)23(30)34-12-33-21-18(32-6)9-11-27-20(21)22(29)28-15(4)24(31)35-16(5)14(3)19-17(25)8-7-10-26-19/h7-11,13-16H,12H2,1-6H3,(H,28,29)/t14-,15+,16+/m1/s1. The molecule has 2 heterocycles. The number of halogens is 1. The molecule has 0 bridgehead atoms. The number of carbonyl (C=O) groups is 3. The lowest BCUT2D eigenvalue weighted by atomic mass is 10.0. The molecular weight excluding hydrogens is 478 g/mol. The zero-order valence-electron chi connectivity index (χ0n) is 20.5. The smallest absolute Gasteiger partial charge is 0.328 e.